The summed E-state index contributed by atoms with van der Waals surface area (Å²) in [6.45, 7) is 1.36. The van der Waals surface area contributed by atoms with Gasteiger partial charge in [0.05, 0.1) is 29.7 Å². The maximum absolute atomic E-state index is 12.8. The highest BCUT2D eigenvalue weighted by Gasteiger charge is 2.42. The fourth-order valence-corrected chi connectivity index (χ4v) is 4.51. The summed E-state index contributed by atoms with van der Waals surface area (Å²) in [5.41, 5.74) is 4.12. The molecule has 1 fully saturated rings. The van der Waals surface area contributed by atoms with E-state index in [0.717, 1.165) is 18.5 Å². The number of amides is 2. The van der Waals surface area contributed by atoms with E-state index < -0.39 is 0 Å². The van der Waals surface area contributed by atoms with Gasteiger partial charge in [-0.1, -0.05) is 24.3 Å². The summed E-state index contributed by atoms with van der Waals surface area (Å²) in [6.07, 6.45) is 3.83. The quantitative estimate of drug-likeness (QED) is 0.683. The number of fused-ring (bicyclic) bond motifs is 4. The van der Waals surface area contributed by atoms with Crippen LogP contribution >= 0.6 is 0 Å². The van der Waals surface area contributed by atoms with Crippen molar-refractivity contribution in [2.75, 3.05) is 30.8 Å². The van der Waals surface area contributed by atoms with Crippen molar-refractivity contribution in [3.05, 3.63) is 72.6 Å². The Kier molecular flexibility index (Phi) is 4.19. The van der Waals surface area contributed by atoms with E-state index in [9.17, 15) is 4.79 Å². The molecular formula is C23H24N4O2. The number of carbonyl (C=O) groups excluding carboxylic acids is 1. The Labute approximate surface area is 170 Å². The Morgan fingerprint density at radius 3 is 2.62 bits per heavy atom. The Morgan fingerprint density at radius 1 is 1.03 bits per heavy atom. The van der Waals surface area contributed by atoms with Gasteiger partial charge in [0.1, 0.15) is 5.75 Å². The Hall–Kier alpha value is -3.41. The van der Waals surface area contributed by atoms with Crippen molar-refractivity contribution in [1.29, 1.82) is 0 Å². The van der Waals surface area contributed by atoms with Crippen molar-refractivity contribution in [3.63, 3.8) is 0 Å². The zero-order valence-electron chi connectivity index (χ0n) is 16.4. The molecule has 2 amide bonds. The molecule has 0 unspecified atom stereocenters. The molecule has 2 aliphatic rings. The minimum absolute atomic E-state index is 0.0871. The Morgan fingerprint density at radius 2 is 1.79 bits per heavy atom. The number of nitrogens with zero attached hydrogens (tertiary/aromatic N) is 2. The van der Waals surface area contributed by atoms with E-state index in [0.29, 0.717) is 24.5 Å². The molecule has 1 saturated heterocycles. The average Bonchev–Trinajstić information content (AvgIpc) is 3.26. The normalized spacial score (nSPS) is 16.5. The number of carbonyl (C=O) groups is 1. The van der Waals surface area contributed by atoms with Gasteiger partial charge >= 0.3 is 6.03 Å². The van der Waals surface area contributed by atoms with Gasteiger partial charge in [0.2, 0.25) is 0 Å². The van der Waals surface area contributed by atoms with Crippen LogP contribution in [0, 0.1) is 0 Å². The zero-order valence-corrected chi connectivity index (χ0v) is 16.4. The molecule has 148 valence electrons. The molecule has 1 aromatic heterocycles. The molecule has 3 heterocycles. The molecule has 29 heavy (non-hydrogen) atoms. The maximum atomic E-state index is 12.8. The number of nitrogens with one attached hydrogen (secondary N) is 2. The summed E-state index contributed by atoms with van der Waals surface area (Å²) in [6, 6.07) is 20.1. The summed E-state index contributed by atoms with van der Waals surface area (Å²) in [5, 5.41) is 6.77. The molecule has 6 heteroatoms. The fourth-order valence-electron chi connectivity index (χ4n) is 4.51. The van der Waals surface area contributed by atoms with E-state index >= 15 is 0 Å². The number of para-hydroxylation sites is 4. The SMILES string of the molecule is COc1ccccc1NC(=O)N1CCC2(CC1)Nc1ccccc1-n1cccc12. The smallest absolute Gasteiger partial charge is 0.321 e. The van der Waals surface area contributed by atoms with E-state index in [1.165, 1.54) is 11.4 Å². The zero-order chi connectivity index (χ0) is 19.8. The molecule has 0 radical (unpaired) electrons. The van der Waals surface area contributed by atoms with E-state index in [4.69, 9.17) is 4.74 Å². The molecule has 1 spiro atoms. The third-order valence-corrected chi connectivity index (χ3v) is 6.03. The molecular weight excluding hydrogens is 364 g/mol. The van der Waals surface area contributed by atoms with Gasteiger partial charge in [-0.25, -0.2) is 4.79 Å². The van der Waals surface area contributed by atoms with Crippen molar-refractivity contribution in [2.24, 2.45) is 0 Å². The second kappa shape index (κ2) is 6.88. The van der Waals surface area contributed by atoms with Crippen LogP contribution < -0.4 is 15.4 Å². The van der Waals surface area contributed by atoms with Crippen LogP contribution in [0.5, 0.6) is 5.75 Å². The molecule has 5 rings (SSSR count). The molecule has 0 aliphatic carbocycles. The van der Waals surface area contributed by atoms with Crippen LogP contribution in [0.4, 0.5) is 16.2 Å². The topological polar surface area (TPSA) is 58.5 Å². The fraction of sp³-hybridized carbons (Fsp3) is 0.261. The highest BCUT2D eigenvalue weighted by atomic mass is 16.5. The highest BCUT2D eigenvalue weighted by Crippen LogP contribution is 2.43. The molecule has 6 nitrogen and oxygen atoms in total. The van der Waals surface area contributed by atoms with Crippen molar-refractivity contribution in [1.82, 2.24) is 9.47 Å². The van der Waals surface area contributed by atoms with Gasteiger partial charge in [0.15, 0.2) is 0 Å². The Balaban J connectivity index is 1.34. The molecule has 0 atom stereocenters. The predicted molar refractivity (Wildman–Crippen MR) is 114 cm³/mol. The van der Waals surface area contributed by atoms with Crippen molar-refractivity contribution < 1.29 is 9.53 Å². The first-order valence-electron chi connectivity index (χ1n) is 9.95. The number of urea groups is 1. The molecule has 2 aromatic carbocycles. The number of ether oxygens (including phenoxy) is 1. The lowest BCUT2D eigenvalue weighted by atomic mass is 9.82. The average molecular weight is 388 g/mol. The second-order valence-electron chi connectivity index (χ2n) is 7.61. The molecule has 0 bridgehead atoms. The number of likely N-dealkylation sites (tertiary alicyclic amines) is 1. The maximum Gasteiger partial charge on any atom is 0.321 e. The van der Waals surface area contributed by atoms with Gasteiger partial charge in [0, 0.05) is 25.0 Å². The second-order valence-corrected chi connectivity index (χ2v) is 7.61. The van der Waals surface area contributed by atoms with Gasteiger partial charge in [-0.3, -0.25) is 0 Å². The summed E-state index contributed by atoms with van der Waals surface area (Å²) < 4.78 is 7.62. The largest absolute Gasteiger partial charge is 0.495 e. The van der Waals surface area contributed by atoms with Crippen molar-refractivity contribution in [2.45, 2.75) is 18.4 Å². The monoisotopic (exact) mass is 388 g/mol. The number of piperidine rings is 1. The van der Waals surface area contributed by atoms with Crippen molar-refractivity contribution in [3.8, 4) is 11.4 Å². The number of methoxy groups -OCH3 is 1. The number of benzene rings is 2. The number of rotatable bonds is 2. The van der Waals surface area contributed by atoms with Gasteiger partial charge in [-0.15, -0.1) is 0 Å². The summed E-state index contributed by atoms with van der Waals surface area (Å²) >= 11 is 0. The minimum atomic E-state index is -0.154. The third-order valence-electron chi connectivity index (χ3n) is 6.03. The summed E-state index contributed by atoms with van der Waals surface area (Å²) in [5.74, 6) is 0.665. The number of hydrogen-bond donors (Lipinski definition) is 2. The van der Waals surface area contributed by atoms with E-state index in [1.54, 1.807) is 7.11 Å². The number of anilines is 2. The van der Waals surface area contributed by atoms with Gasteiger partial charge < -0.3 is 24.8 Å². The first kappa shape index (κ1) is 17.7. The van der Waals surface area contributed by atoms with Crippen molar-refractivity contribution >= 4 is 17.4 Å². The summed E-state index contributed by atoms with van der Waals surface area (Å²) in [7, 11) is 1.61. The first-order valence-corrected chi connectivity index (χ1v) is 9.95. The van der Waals surface area contributed by atoms with Crippen LogP contribution in [-0.4, -0.2) is 35.7 Å². The summed E-state index contributed by atoms with van der Waals surface area (Å²) in [4.78, 5) is 14.7. The van der Waals surface area contributed by atoms with Gasteiger partial charge in [-0.2, -0.15) is 0 Å². The number of aromatic nitrogens is 1. The van der Waals surface area contributed by atoms with Crippen LogP contribution in [0.1, 0.15) is 18.5 Å². The van der Waals surface area contributed by atoms with Crippen LogP contribution in [-0.2, 0) is 5.54 Å². The van der Waals surface area contributed by atoms with Crippen LogP contribution in [0.2, 0.25) is 0 Å². The standard InChI is InChI=1S/C23H24N4O2/c1-29-20-10-5-3-8-18(20)24-22(28)26-15-12-23(13-16-26)21-11-6-14-27(21)19-9-4-2-7-17(19)25-23/h2-11,14,25H,12-13,15-16H2,1H3,(H,24,28). The lowest BCUT2D eigenvalue weighted by Gasteiger charge is -2.46. The van der Waals surface area contributed by atoms with Gasteiger partial charge in [0.25, 0.3) is 0 Å². The molecule has 3 aromatic rings. The number of hydrogen-bond acceptors (Lipinski definition) is 3. The lowest BCUT2D eigenvalue weighted by molar-refractivity contribution is 0.174. The van der Waals surface area contributed by atoms with Crippen LogP contribution in [0.3, 0.4) is 0 Å². The lowest BCUT2D eigenvalue weighted by Crippen LogP contribution is -2.51. The molecule has 2 aliphatic heterocycles. The first-order chi connectivity index (χ1) is 14.2. The highest BCUT2D eigenvalue weighted by molar-refractivity contribution is 5.91. The van der Waals surface area contributed by atoms with Gasteiger partial charge in [-0.05, 0) is 49.2 Å². The predicted octanol–water partition coefficient (Wildman–Crippen LogP) is 4.43. The van der Waals surface area contributed by atoms with Crippen LogP contribution in [0.25, 0.3) is 5.69 Å². The van der Waals surface area contributed by atoms with E-state index in [-0.39, 0.29) is 11.6 Å². The minimum Gasteiger partial charge on any atom is -0.495 e. The Bertz CT molecular complexity index is 1050. The van der Waals surface area contributed by atoms with E-state index in [2.05, 4.69) is 57.8 Å². The molecule has 2 N–H and O–H groups in total. The third kappa shape index (κ3) is 2.92. The van der Waals surface area contributed by atoms with E-state index in [1.807, 2.05) is 29.2 Å². The molecule has 0 saturated carbocycles. The van der Waals surface area contributed by atoms with Crippen LogP contribution in [0.15, 0.2) is 66.9 Å².